The molecule has 1 saturated heterocycles. The van der Waals surface area contributed by atoms with Crippen LogP contribution in [0.4, 0.5) is 0 Å². The predicted molar refractivity (Wildman–Crippen MR) is 124 cm³/mol. The van der Waals surface area contributed by atoms with Crippen molar-refractivity contribution in [2.45, 2.75) is 33.2 Å². The van der Waals surface area contributed by atoms with Gasteiger partial charge in [0.25, 0.3) is 17.7 Å². The number of Topliss-reactive ketones (excluding diaryl/α,β-unsaturated/α-hetero) is 1. The lowest BCUT2D eigenvalue weighted by Gasteiger charge is -2.34. The van der Waals surface area contributed by atoms with E-state index in [0.29, 0.717) is 17.0 Å². The first kappa shape index (κ1) is 22.9. The summed E-state index contributed by atoms with van der Waals surface area (Å²) in [7, 11) is 0. The maximum atomic E-state index is 13.6. The van der Waals surface area contributed by atoms with Crippen molar-refractivity contribution in [1.29, 1.82) is 0 Å². The third-order valence-electron chi connectivity index (χ3n) is 6.45. The second-order valence-electron chi connectivity index (χ2n) is 8.71. The number of imide groups is 1. The summed E-state index contributed by atoms with van der Waals surface area (Å²) < 4.78 is 0. The monoisotopic (exact) mass is 464 g/mol. The number of allylic oxidation sites excluding steroid dienone is 2. The molecule has 2 aromatic carbocycles. The van der Waals surface area contributed by atoms with Crippen LogP contribution in [-0.4, -0.2) is 39.6 Å². The Morgan fingerprint density at radius 2 is 1.61 bits per heavy atom. The van der Waals surface area contributed by atoms with Gasteiger partial charge in [0.2, 0.25) is 0 Å². The number of amides is 3. The zero-order valence-electron chi connectivity index (χ0n) is 18.7. The molecular weight excluding hydrogens is 440 g/mol. The largest absolute Gasteiger partial charge is 0.292 e. The minimum Gasteiger partial charge on any atom is -0.292 e. The van der Waals surface area contributed by atoms with Crippen molar-refractivity contribution >= 4 is 35.1 Å². The first-order valence-corrected chi connectivity index (χ1v) is 11.3. The molecule has 1 fully saturated rings. The third kappa shape index (κ3) is 4.11. The van der Waals surface area contributed by atoms with Crippen molar-refractivity contribution in [3.63, 3.8) is 0 Å². The van der Waals surface area contributed by atoms with Crippen LogP contribution < -0.4 is 0 Å². The highest BCUT2D eigenvalue weighted by atomic mass is 35.5. The summed E-state index contributed by atoms with van der Waals surface area (Å²) in [6.07, 6.45) is 4.24. The number of ketones is 1. The van der Waals surface area contributed by atoms with E-state index in [1.807, 2.05) is 26.0 Å². The van der Waals surface area contributed by atoms with Crippen LogP contribution >= 0.6 is 11.6 Å². The van der Waals surface area contributed by atoms with E-state index >= 15 is 0 Å². The summed E-state index contributed by atoms with van der Waals surface area (Å²) >= 11 is 5.97. The number of aryl methyl sites for hydroxylation is 1. The number of nitrogens with zero attached hydrogens (tertiary/aromatic N) is 2. The highest BCUT2D eigenvalue weighted by molar-refractivity contribution is 6.30. The quantitative estimate of drug-likeness (QED) is 0.371. The van der Waals surface area contributed by atoms with E-state index < -0.39 is 35.6 Å². The predicted octanol–water partition coefficient (Wildman–Crippen LogP) is 4.47. The van der Waals surface area contributed by atoms with Gasteiger partial charge in [0.05, 0.1) is 11.8 Å². The molecule has 2 aliphatic rings. The second-order valence-corrected chi connectivity index (χ2v) is 9.14. The molecule has 2 aromatic rings. The Bertz CT molecular complexity index is 1140. The zero-order valence-corrected chi connectivity index (χ0v) is 19.5. The average Bonchev–Trinajstić information content (AvgIpc) is 3.05. The summed E-state index contributed by atoms with van der Waals surface area (Å²) in [5, 5.41) is 2.38. The number of hydrazine groups is 1. The van der Waals surface area contributed by atoms with E-state index in [0.717, 1.165) is 15.6 Å². The van der Waals surface area contributed by atoms with Gasteiger partial charge < -0.3 is 0 Å². The Morgan fingerprint density at radius 3 is 2.21 bits per heavy atom. The van der Waals surface area contributed by atoms with E-state index in [9.17, 15) is 19.2 Å². The van der Waals surface area contributed by atoms with Gasteiger partial charge in [0.1, 0.15) is 6.04 Å². The van der Waals surface area contributed by atoms with Gasteiger partial charge in [-0.05, 0) is 50.5 Å². The summed E-state index contributed by atoms with van der Waals surface area (Å²) in [6, 6.07) is 12.0. The number of rotatable bonds is 5. The van der Waals surface area contributed by atoms with Gasteiger partial charge >= 0.3 is 0 Å². The van der Waals surface area contributed by atoms with E-state index in [-0.39, 0.29) is 17.3 Å². The SMILES string of the molecule is Cc1ccc(C(=O)[C@H](C)N(C(=O)c2ccc(Cl)cc2)N2C(=O)[C@@H]3[C@@H](C)C=CC[C@H]3C2=O)cc1. The molecule has 0 N–H and O–H groups in total. The zero-order chi connectivity index (χ0) is 23.9. The normalized spacial score (nSPS) is 22.8. The molecule has 1 aliphatic heterocycles. The van der Waals surface area contributed by atoms with Crippen molar-refractivity contribution in [1.82, 2.24) is 10.0 Å². The molecule has 0 radical (unpaired) electrons. The van der Waals surface area contributed by atoms with Crippen LogP contribution in [0.3, 0.4) is 0 Å². The number of benzene rings is 2. The van der Waals surface area contributed by atoms with E-state index in [2.05, 4.69) is 0 Å². The first-order chi connectivity index (χ1) is 15.7. The van der Waals surface area contributed by atoms with Crippen LogP contribution in [0.2, 0.25) is 5.02 Å². The highest BCUT2D eigenvalue weighted by Crippen LogP contribution is 2.40. The molecule has 1 heterocycles. The summed E-state index contributed by atoms with van der Waals surface area (Å²) in [5.41, 5.74) is 1.61. The topological polar surface area (TPSA) is 74.8 Å². The number of hydrogen-bond acceptors (Lipinski definition) is 4. The Kier molecular flexibility index (Phi) is 6.21. The lowest BCUT2D eigenvalue weighted by Crippen LogP contribution is -2.56. The van der Waals surface area contributed by atoms with Gasteiger partial charge in [-0.15, -0.1) is 0 Å². The number of hydrogen-bond donors (Lipinski definition) is 0. The van der Waals surface area contributed by atoms with Crippen molar-refractivity contribution in [2.75, 3.05) is 0 Å². The molecule has 7 heteroatoms. The van der Waals surface area contributed by atoms with Crippen molar-refractivity contribution in [3.05, 3.63) is 82.4 Å². The molecule has 0 aromatic heterocycles. The van der Waals surface area contributed by atoms with Crippen LogP contribution in [0, 0.1) is 24.7 Å². The fraction of sp³-hybridized carbons (Fsp3) is 0.308. The molecule has 4 rings (SSSR count). The molecule has 170 valence electrons. The Balaban J connectivity index is 1.76. The van der Waals surface area contributed by atoms with E-state index in [1.165, 1.54) is 12.1 Å². The van der Waals surface area contributed by atoms with E-state index in [1.54, 1.807) is 43.3 Å². The van der Waals surface area contributed by atoms with Crippen molar-refractivity contribution < 1.29 is 19.2 Å². The Labute approximate surface area is 197 Å². The van der Waals surface area contributed by atoms with Gasteiger partial charge in [0, 0.05) is 16.1 Å². The molecule has 1 aliphatic carbocycles. The van der Waals surface area contributed by atoms with Crippen LogP contribution in [0.25, 0.3) is 0 Å². The third-order valence-corrected chi connectivity index (χ3v) is 6.70. The number of halogens is 1. The molecular formula is C26H25ClN2O4. The van der Waals surface area contributed by atoms with Gasteiger partial charge in [-0.1, -0.05) is 60.5 Å². The van der Waals surface area contributed by atoms with Gasteiger partial charge in [-0.3, -0.25) is 19.2 Å². The number of carbonyl (C=O) groups excluding carboxylic acids is 4. The lowest BCUT2D eigenvalue weighted by molar-refractivity contribution is -0.156. The Morgan fingerprint density at radius 1 is 1.00 bits per heavy atom. The van der Waals surface area contributed by atoms with Crippen LogP contribution in [0.5, 0.6) is 0 Å². The van der Waals surface area contributed by atoms with Crippen molar-refractivity contribution in [2.24, 2.45) is 17.8 Å². The highest BCUT2D eigenvalue weighted by Gasteiger charge is 2.54. The van der Waals surface area contributed by atoms with E-state index in [4.69, 9.17) is 11.6 Å². The smallest absolute Gasteiger partial charge is 0.273 e. The molecule has 33 heavy (non-hydrogen) atoms. The summed E-state index contributed by atoms with van der Waals surface area (Å²) in [4.78, 5) is 53.8. The molecule has 4 atom stereocenters. The van der Waals surface area contributed by atoms with Gasteiger partial charge in [-0.25, -0.2) is 5.01 Å². The Hall–Kier alpha value is -3.25. The fourth-order valence-corrected chi connectivity index (χ4v) is 4.70. The summed E-state index contributed by atoms with van der Waals surface area (Å²) in [5.74, 6) is -3.11. The fourth-order valence-electron chi connectivity index (χ4n) is 4.58. The standard InChI is InChI=1S/C26H25ClN2O4/c1-15-7-9-18(10-8-15)23(30)17(3)28(24(31)19-11-13-20(27)14-12-19)29-25(32)21-6-4-5-16(2)22(21)26(29)33/h4-5,7-14,16-17,21-22H,6H2,1-3H3/t16-,17-,21+,22+/m0/s1. The average molecular weight is 465 g/mol. The van der Waals surface area contributed by atoms with Crippen LogP contribution in [-0.2, 0) is 9.59 Å². The number of carbonyl (C=O) groups is 4. The molecule has 3 amide bonds. The van der Waals surface area contributed by atoms with Gasteiger partial charge in [0.15, 0.2) is 5.78 Å². The minimum atomic E-state index is -1.08. The van der Waals surface area contributed by atoms with Crippen LogP contribution in [0.1, 0.15) is 46.5 Å². The molecule has 0 spiro atoms. The minimum absolute atomic E-state index is 0.138. The van der Waals surface area contributed by atoms with Crippen LogP contribution in [0.15, 0.2) is 60.7 Å². The maximum Gasteiger partial charge on any atom is 0.273 e. The molecule has 0 saturated carbocycles. The first-order valence-electron chi connectivity index (χ1n) is 10.9. The molecule has 0 unspecified atom stereocenters. The van der Waals surface area contributed by atoms with Gasteiger partial charge in [-0.2, -0.15) is 5.01 Å². The molecule has 6 nitrogen and oxygen atoms in total. The maximum absolute atomic E-state index is 13.6. The lowest BCUT2D eigenvalue weighted by atomic mass is 9.78. The second kappa shape index (κ2) is 8.94. The van der Waals surface area contributed by atoms with Crippen molar-refractivity contribution in [3.8, 4) is 0 Å². The number of fused-ring (bicyclic) bond motifs is 1. The summed E-state index contributed by atoms with van der Waals surface area (Å²) in [6.45, 7) is 5.33. The molecule has 0 bridgehead atoms.